The molecule has 10 nitrogen and oxygen atoms in total. The van der Waals surface area contributed by atoms with Crippen molar-refractivity contribution in [3.05, 3.63) is 59.1 Å². The largest absolute Gasteiger partial charge is 0.453 e. The summed E-state index contributed by atoms with van der Waals surface area (Å²) in [5, 5.41) is 16.2. The van der Waals surface area contributed by atoms with E-state index in [2.05, 4.69) is 10.6 Å². The average molecular weight is 597 g/mol. The third-order valence-electron chi connectivity index (χ3n) is 6.65. The molecule has 0 saturated heterocycles. The lowest BCUT2D eigenvalue weighted by atomic mass is 10.0. The molecule has 2 rings (SSSR count). The van der Waals surface area contributed by atoms with Crippen molar-refractivity contribution in [2.45, 2.75) is 75.4 Å². The molecule has 2 aromatic rings. The number of rotatable bonds is 16. The van der Waals surface area contributed by atoms with E-state index in [9.17, 15) is 23.1 Å². The summed E-state index contributed by atoms with van der Waals surface area (Å²) in [6.45, 7) is 3.74. The zero-order chi connectivity index (χ0) is 29.7. The maximum Gasteiger partial charge on any atom is 0.407 e. The van der Waals surface area contributed by atoms with Gasteiger partial charge in [-0.05, 0) is 68.0 Å². The van der Waals surface area contributed by atoms with Crippen LogP contribution in [0.3, 0.4) is 0 Å². The lowest BCUT2D eigenvalue weighted by Gasteiger charge is -2.30. The topological polar surface area (TPSA) is 151 Å². The molecule has 12 heteroatoms. The first-order chi connectivity index (χ1) is 19.1. The third-order valence-corrected chi connectivity index (χ3v) is 8.99. The second kappa shape index (κ2) is 16.4. The van der Waals surface area contributed by atoms with Crippen molar-refractivity contribution in [3.63, 3.8) is 0 Å². The molecular weight excluding hydrogens is 556 g/mol. The monoisotopic (exact) mass is 596 g/mol. The van der Waals surface area contributed by atoms with Crippen LogP contribution in [0.2, 0.25) is 5.02 Å². The normalized spacial score (nSPS) is 13.8. The summed E-state index contributed by atoms with van der Waals surface area (Å²) in [5.74, 6) is -0.380. The number of nitrogens with zero attached hydrogens (tertiary/aromatic N) is 1. The Hall–Kier alpha value is -2.86. The van der Waals surface area contributed by atoms with Gasteiger partial charge in [0, 0.05) is 35.8 Å². The summed E-state index contributed by atoms with van der Waals surface area (Å²) in [6, 6.07) is 11.3. The van der Waals surface area contributed by atoms with Gasteiger partial charge in [-0.1, -0.05) is 43.6 Å². The Bertz CT molecular complexity index is 1200. The first-order valence-electron chi connectivity index (χ1n) is 13.4. The number of sulfonamides is 1. The number of aliphatic hydroxyl groups excluding tert-OH is 1. The zero-order valence-corrected chi connectivity index (χ0v) is 24.9. The fourth-order valence-corrected chi connectivity index (χ4v) is 6.35. The number of nitrogen functional groups attached to an aromatic ring is 1. The highest BCUT2D eigenvalue weighted by atomic mass is 35.5. The van der Waals surface area contributed by atoms with Gasteiger partial charge in [-0.25, -0.2) is 13.2 Å². The summed E-state index contributed by atoms with van der Waals surface area (Å²) < 4.78 is 32.8. The summed E-state index contributed by atoms with van der Waals surface area (Å²) in [5.41, 5.74) is 6.88. The Morgan fingerprint density at radius 2 is 1.75 bits per heavy atom. The van der Waals surface area contributed by atoms with Gasteiger partial charge < -0.3 is 26.2 Å². The molecular formula is C28H41ClN4O6S. The molecule has 0 saturated carbocycles. The van der Waals surface area contributed by atoms with E-state index >= 15 is 0 Å². The molecule has 0 radical (unpaired) electrons. The number of anilines is 1. The smallest absolute Gasteiger partial charge is 0.407 e. The molecule has 40 heavy (non-hydrogen) atoms. The first-order valence-corrected chi connectivity index (χ1v) is 15.3. The van der Waals surface area contributed by atoms with Crippen LogP contribution in [0.5, 0.6) is 0 Å². The van der Waals surface area contributed by atoms with Gasteiger partial charge in [-0.2, -0.15) is 4.31 Å². The molecule has 0 unspecified atom stereocenters. The number of alkyl carbamates (subject to hydrolysis) is 1. The van der Waals surface area contributed by atoms with Crippen molar-refractivity contribution in [2.24, 2.45) is 0 Å². The van der Waals surface area contributed by atoms with Crippen molar-refractivity contribution in [2.75, 3.05) is 26.0 Å². The number of halogens is 1. The number of hydrogen-bond donors (Lipinski definition) is 4. The van der Waals surface area contributed by atoms with E-state index in [1.165, 1.54) is 35.7 Å². The van der Waals surface area contributed by atoms with Gasteiger partial charge in [0.25, 0.3) is 0 Å². The minimum Gasteiger partial charge on any atom is -0.453 e. The van der Waals surface area contributed by atoms with Crippen molar-refractivity contribution in [1.29, 1.82) is 0 Å². The van der Waals surface area contributed by atoms with Crippen LogP contribution in [-0.4, -0.2) is 68.2 Å². The van der Waals surface area contributed by atoms with Crippen molar-refractivity contribution < 1.29 is 27.9 Å². The minimum atomic E-state index is -3.84. The lowest BCUT2D eigenvalue weighted by molar-refractivity contribution is -0.123. The van der Waals surface area contributed by atoms with Crippen LogP contribution in [0.25, 0.3) is 0 Å². The van der Waals surface area contributed by atoms with E-state index in [1.54, 1.807) is 24.3 Å². The fourth-order valence-electron chi connectivity index (χ4n) is 4.40. The second-order valence-corrected chi connectivity index (χ2v) is 11.8. The second-order valence-electron chi connectivity index (χ2n) is 9.55. The Morgan fingerprint density at radius 3 is 2.33 bits per heavy atom. The Labute approximate surface area is 242 Å². The number of amides is 2. The highest BCUT2D eigenvalue weighted by molar-refractivity contribution is 7.89. The molecule has 0 aliphatic heterocycles. The Morgan fingerprint density at radius 1 is 1.07 bits per heavy atom. The molecule has 5 N–H and O–H groups in total. The minimum absolute atomic E-state index is 0.120. The Balaban J connectivity index is 2.07. The van der Waals surface area contributed by atoms with Crippen molar-refractivity contribution >= 4 is 39.3 Å². The number of ether oxygens (including phenoxy) is 1. The number of benzene rings is 2. The Kier molecular flexibility index (Phi) is 13.7. The van der Waals surface area contributed by atoms with Crippen LogP contribution in [-0.2, 0) is 26.0 Å². The summed E-state index contributed by atoms with van der Waals surface area (Å²) in [4.78, 5) is 25.2. The molecule has 2 aromatic carbocycles. The summed E-state index contributed by atoms with van der Waals surface area (Å²) in [7, 11) is -2.62. The van der Waals surface area contributed by atoms with Crippen molar-refractivity contribution in [1.82, 2.24) is 14.9 Å². The van der Waals surface area contributed by atoms with E-state index < -0.39 is 28.2 Å². The summed E-state index contributed by atoms with van der Waals surface area (Å²) in [6.07, 6.45) is 2.16. The number of nitrogens with two attached hydrogens (primary N) is 1. The number of nitrogens with one attached hydrogen (secondary N) is 2. The summed E-state index contributed by atoms with van der Waals surface area (Å²) >= 11 is 6.27. The van der Waals surface area contributed by atoms with Crippen LogP contribution in [0.4, 0.5) is 10.5 Å². The van der Waals surface area contributed by atoms with Gasteiger partial charge in [0.15, 0.2) is 0 Å². The van der Waals surface area contributed by atoms with Crippen LogP contribution >= 0.6 is 11.6 Å². The fraction of sp³-hybridized carbons (Fsp3) is 0.500. The molecule has 2 amide bonds. The van der Waals surface area contributed by atoms with E-state index in [4.69, 9.17) is 22.1 Å². The van der Waals surface area contributed by atoms with E-state index in [1.807, 2.05) is 13.8 Å². The predicted molar refractivity (Wildman–Crippen MR) is 156 cm³/mol. The SMILES string of the molecule is CCCN([C@H](CO)CCC[C@H](CC)NC(=O)[C@H](Cc1ccccc1Cl)NC(=O)OC)S(=O)(=O)c1ccc(N)cc1. The zero-order valence-electron chi connectivity index (χ0n) is 23.3. The third kappa shape index (κ3) is 9.65. The number of carbonyl (C=O) groups is 2. The molecule has 0 aliphatic carbocycles. The molecule has 222 valence electrons. The van der Waals surface area contributed by atoms with E-state index in [-0.39, 0.29) is 36.4 Å². The van der Waals surface area contributed by atoms with Crippen LogP contribution in [0.1, 0.15) is 51.5 Å². The maximum atomic E-state index is 13.4. The van der Waals surface area contributed by atoms with Gasteiger partial charge in [0.2, 0.25) is 15.9 Å². The number of carbonyl (C=O) groups excluding carboxylic acids is 2. The van der Waals surface area contributed by atoms with Gasteiger partial charge >= 0.3 is 6.09 Å². The van der Waals surface area contributed by atoms with Gasteiger partial charge in [0.1, 0.15) is 6.04 Å². The van der Waals surface area contributed by atoms with Gasteiger partial charge in [-0.3, -0.25) is 4.79 Å². The molecule has 0 aliphatic rings. The predicted octanol–water partition coefficient (Wildman–Crippen LogP) is 3.72. The molecule has 0 aromatic heterocycles. The molecule has 0 bridgehead atoms. The number of hydrogen-bond acceptors (Lipinski definition) is 7. The first kappa shape index (κ1) is 33.3. The lowest BCUT2D eigenvalue weighted by Crippen LogP contribution is -2.50. The molecule has 0 fully saturated rings. The number of methoxy groups -OCH3 is 1. The van der Waals surface area contributed by atoms with Crippen LogP contribution in [0, 0.1) is 0 Å². The van der Waals surface area contributed by atoms with Crippen molar-refractivity contribution in [3.8, 4) is 0 Å². The standard InChI is InChI=1S/C28H41ClN4O6S/c1-4-17-33(40(37,38)24-15-13-21(30)14-16-24)23(19-34)11-8-10-22(5-2)31-27(35)26(32-28(36)39-3)18-20-9-6-7-12-25(20)29/h6-7,9,12-16,22-23,26,34H,4-5,8,10-11,17-19,30H2,1-3H3,(H,31,35)(H,32,36)/t22-,23-,26-/m0/s1. The van der Waals surface area contributed by atoms with Crippen LogP contribution in [0.15, 0.2) is 53.4 Å². The maximum absolute atomic E-state index is 13.4. The van der Waals surface area contributed by atoms with E-state index in [0.717, 1.165) is 0 Å². The molecule has 3 atom stereocenters. The van der Waals surface area contributed by atoms with Gasteiger partial charge in [-0.15, -0.1) is 0 Å². The van der Waals surface area contributed by atoms with Gasteiger partial charge in [0.05, 0.1) is 18.6 Å². The average Bonchev–Trinajstić information content (AvgIpc) is 2.94. The van der Waals surface area contributed by atoms with Crippen LogP contribution < -0.4 is 16.4 Å². The molecule has 0 spiro atoms. The highest BCUT2D eigenvalue weighted by Gasteiger charge is 2.31. The van der Waals surface area contributed by atoms with E-state index in [0.29, 0.717) is 48.4 Å². The molecule has 0 heterocycles. The quantitative estimate of drug-likeness (QED) is 0.216. The highest BCUT2D eigenvalue weighted by Crippen LogP contribution is 2.23. The number of aliphatic hydroxyl groups is 1.